The first kappa shape index (κ1) is 13.8. The number of nitrogens with one attached hydrogen (secondary N) is 2. The molecule has 2 aliphatic carbocycles. The maximum atomic E-state index is 3.85. The van der Waals surface area contributed by atoms with Crippen molar-refractivity contribution < 1.29 is 0 Å². The van der Waals surface area contributed by atoms with Gasteiger partial charge in [-0.3, -0.25) is 4.90 Å². The molecule has 2 N–H and O–H groups in total. The van der Waals surface area contributed by atoms with Gasteiger partial charge in [0.2, 0.25) is 0 Å². The summed E-state index contributed by atoms with van der Waals surface area (Å²) in [5, 5.41) is 7.37. The standard InChI is InChI=1S/C18H29N3/c1-11(20-15-16-17(15)21(16)18(2,3)4)9-12-5-6-14-13(10-12)7-8-19-14/h10-11,15-17,19-20H,5-9H2,1-4H3/t11-,15?,16-,17?,21?/m1/s1. The smallest absolute Gasteiger partial charge is 0.0446 e. The van der Waals surface area contributed by atoms with Gasteiger partial charge < -0.3 is 10.6 Å². The Balaban J connectivity index is 1.26. The Morgan fingerprint density at radius 1 is 1.29 bits per heavy atom. The molecule has 3 nitrogen and oxygen atoms in total. The van der Waals surface area contributed by atoms with E-state index in [2.05, 4.69) is 49.3 Å². The van der Waals surface area contributed by atoms with Gasteiger partial charge in [-0.05, 0) is 59.0 Å². The normalized spacial score (nSPS) is 38.4. The molecule has 1 saturated carbocycles. The molecule has 3 unspecified atom stereocenters. The van der Waals surface area contributed by atoms with E-state index in [1.807, 2.05) is 0 Å². The van der Waals surface area contributed by atoms with Gasteiger partial charge >= 0.3 is 0 Å². The Bertz CT molecular complexity index is 501. The molecule has 0 bridgehead atoms. The monoisotopic (exact) mass is 287 g/mol. The molecule has 0 aromatic carbocycles. The lowest BCUT2D eigenvalue weighted by Crippen LogP contribution is -2.45. The number of fused-ring (bicyclic) bond motifs is 1. The molecule has 0 aromatic heterocycles. The molecule has 2 aliphatic heterocycles. The molecule has 2 heterocycles. The van der Waals surface area contributed by atoms with Crippen LogP contribution >= 0.6 is 0 Å². The van der Waals surface area contributed by atoms with Crippen molar-refractivity contribution in [2.75, 3.05) is 6.54 Å². The highest BCUT2D eigenvalue weighted by Gasteiger charge is 2.74. The Hall–Kier alpha value is -0.800. The number of hydrogen-bond acceptors (Lipinski definition) is 3. The van der Waals surface area contributed by atoms with Gasteiger partial charge in [0.05, 0.1) is 0 Å². The predicted molar refractivity (Wildman–Crippen MR) is 87.1 cm³/mol. The molecule has 0 radical (unpaired) electrons. The quantitative estimate of drug-likeness (QED) is 0.778. The van der Waals surface area contributed by atoms with Crippen LogP contribution in [0, 0.1) is 0 Å². The number of rotatable bonds is 4. The highest BCUT2D eigenvalue weighted by Crippen LogP contribution is 2.55. The molecule has 1 saturated heterocycles. The van der Waals surface area contributed by atoms with Crippen LogP contribution in [0.4, 0.5) is 0 Å². The van der Waals surface area contributed by atoms with Crippen LogP contribution in [0.15, 0.2) is 22.9 Å². The van der Waals surface area contributed by atoms with E-state index in [0.29, 0.717) is 11.6 Å². The highest BCUT2D eigenvalue weighted by molar-refractivity contribution is 5.37. The first-order valence-corrected chi connectivity index (χ1v) is 8.65. The Kier molecular flexibility index (Phi) is 3.03. The topological polar surface area (TPSA) is 27.1 Å². The predicted octanol–water partition coefficient (Wildman–Crippen LogP) is 2.56. The third-order valence-electron chi connectivity index (χ3n) is 5.51. The molecule has 21 heavy (non-hydrogen) atoms. The molecule has 4 aliphatic rings. The summed E-state index contributed by atoms with van der Waals surface area (Å²) in [6.45, 7) is 10.5. The summed E-state index contributed by atoms with van der Waals surface area (Å²) in [4.78, 5) is 2.64. The minimum atomic E-state index is 0.362. The summed E-state index contributed by atoms with van der Waals surface area (Å²) in [7, 11) is 0. The summed E-state index contributed by atoms with van der Waals surface area (Å²) in [6, 6.07) is 3.06. The molecule has 2 fully saturated rings. The Morgan fingerprint density at radius 2 is 2.05 bits per heavy atom. The highest BCUT2D eigenvalue weighted by atomic mass is 15.5. The molecule has 0 aromatic rings. The molecule has 5 atom stereocenters. The van der Waals surface area contributed by atoms with E-state index in [4.69, 9.17) is 0 Å². The average Bonchev–Trinajstić information content (AvgIpc) is 3.23. The van der Waals surface area contributed by atoms with Gasteiger partial charge in [-0.2, -0.15) is 0 Å². The van der Waals surface area contributed by atoms with Crippen LogP contribution < -0.4 is 10.6 Å². The zero-order valence-electron chi connectivity index (χ0n) is 13.9. The molecular formula is C18H29N3. The lowest BCUT2D eigenvalue weighted by atomic mass is 9.93. The van der Waals surface area contributed by atoms with Crippen molar-refractivity contribution in [1.82, 2.24) is 15.5 Å². The second-order valence-corrected chi connectivity index (χ2v) is 8.34. The van der Waals surface area contributed by atoms with Crippen LogP contribution in [-0.4, -0.2) is 41.2 Å². The fourth-order valence-corrected chi connectivity index (χ4v) is 4.45. The van der Waals surface area contributed by atoms with Crippen molar-refractivity contribution in [1.29, 1.82) is 0 Å². The third-order valence-corrected chi connectivity index (χ3v) is 5.51. The van der Waals surface area contributed by atoms with Gasteiger partial charge in [0.15, 0.2) is 0 Å². The first-order chi connectivity index (χ1) is 9.95. The van der Waals surface area contributed by atoms with Crippen molar-refractivity contribution in [3.63, 3.8) is 0 Å². The van der Waals surface area contributed by atoms with Gasteiger partial charge in [0.1, 0.15) is 0 Å². The van der Waals surface area contributed by atoms with Gasteiger partial charge in [0.25, 0.3) is 0 Å². The average molecular weight is 287 g/mol. The fourth-order valence-electron chi connectivity index (χ4n) is 4.45. The van der Waals surface area contributed by atoms with Gasteiger partial charge in [0, 0.05) is 41.9 Å². The summed E-state index contributed by atoms with van der Waals surface area (Å²) in [5.41, 5.74) is 5.11. The fraction of sp³-hybridized carbons (Fsp3) is 0.778. The van der Waals surface area contributed by atoms with Gasteiger partial charge in [-0.1, -0.05) is 11.6 Å². The Labute approximate surface area is 128 Å². The van der Waals surface area contributed by atoms with E-state index >= 15 is 0 Å². The van der Waals surface area contributed by atoms with Crippen LogP contribution in [0.5, 0.6) is 0 Å². The van der Waals surface area contributed by atoms with Crippen LogP contribution in [0.25, 0.3) is 0 Å². The van der Waals surface area contributed by atoms with Gasteiger partial charge in [-0.15, -0.1) is 0 Å². The second kappa shape index (κ2) is 4.60. The van der Waals surface area contributed by atoms with Crippen molar-refractivity contribution in [3.05, 3.63) is 22.9 Å². The third kappa shape index (κ3) is 2.44. The summed E-state index contributed by atoms with van der Waals surface area (Å²) in [5.74, 6) is 0. The van der Waals surface area contributed by atoms with E-state index in [-0.39, 0.29) is 0 Å². The number of hydrogen-bond donors (Lipinski definition) is 2. The molecule has 4 rings (SSSR count). The molecular weight excluding hydrogens is 258 g/mol. The van der Waals surface area contributed by atoms with Crippen LogP contribution in [0.1, 0.15) is 53.4 Å². The minimum absolute atomic E-state index is 0.362. The SMILES string of the molecule is C[C@H](CC1=CC2=C(CC1)NCC2)NC1C2[C@@H]1N2C(C)(C)C. The van der Waals surface area contributed by atoms with Crippen molar-refractivity contribution in [2.45, 2.75) is 83.1 Å². The largest absolute Gasteiger partial charge is 0.388 e. The Morgan fingerprint density at radius 3 is 2.76 bits per heavy atom. The van der Waals surface area contributed by atoms with Crippen molar-refractivity contribution in [2.24, 2.45) is 0 Å². The van der Waals surface area contributed by atoms with Gasteiger partial charge in [-0.25, -0.2) is 0 Å². The second-order valence-electron chi connectivity index (χ2n) is 8.34. The molecule has 3 heteroatoms. The summed E-state index contributed by atoms with van der Waals surface area (Å²) in [6.07, 6.45) is 7.42. The lowest BCUT2D eigenvalue weighted by molar-refractivity contribution is 0.199. The molecule has 116 valence electrons. The van der Waals surface area contributed by atoms with E-state index in [1.165, 1.54) is 31.4 Å². The molecule has 0 spiro atoms. The van der Waals surface area contributed by atoms with E-state index in [9.17, 15) is 0 Å². The van der Waals surface area contributed by atoms with E-state index in [1.54, 1.807) is 11.1 Å². The number of likely N-dealkylation sites (tertiary alicyclic amines) is 1. The molecule has 0 amide bonds. The number of allylic oxidation sites excluding steroid dienone is 2. The summed E-state index contributed by atoms with van der Waals surface area (Å²) >= 11 is 0. The lowest BCUT2D eigenvalue weighted by Gasteiger charge is -2.30. The van der Waals surface area contributed by atoms with Crippen molar-refractivity contribution >= 4 is 0 Å². The number of nitrogens with zero attached hydrogens (tertiary/aromatic N) is 1. The van der Waals surface area contributed by atoms with Crippen molar-refractivity contribution in [3.8, 4) is 0 Å². The van der Waals surface area contributed by atoms with E-state index < -0.39 is 0 Å². The first-order valence-electron chi connectivity index (χ1n) is 8.65. The summed E-state index contributed by atoms with van der Waals surface area (Å²) < 4.78 is 0. The van der Waals surface area contributed by atoms with Crippen LogP contribution in [0.3, 0.4) is 0 Å². The van der Waals surface area contributed by atoms with Crippen LogP contribution in [-0.2, 0) is 0 Å². The maximum Gasteiger partial charge on any atom is 0.0446 e. The van der Waals surface area contributed by atoms with E-state index in [0.717, 1.165) is 24.7 Å². The van der Waals surface area contributed by atoms with Crippen LogP contribution in [0.2, 0.25) is 0 Å². The minimum Gasteiger partial charge on any atom is -0.388 e. The maximum absolute atomic E-state index is 3.85. The zero-order chi connectivity index (χ0) is 14.8. The zero-order valence-corrected chi connectivity index (χ0v) is 13.9.